The summed E-state index contributed by atoms with van der Waals surface area (Å²) in [5.41, 5.74) is 0. The van der Waals surface area contributed by atoms with Gasteiger partial charge in [-0.05, 0) is 12.1 Å². The molecule has 72 valence electrons. The van der Waals surface area contributed by atoms with Crippen LogP contribution in [0.2, 0.25) is 5.02 Å². The number of nitrogens with one attached hydrogen (secondary N) is 1. The maximum absolute atomic E-state index is 5.92. The molecule has 0 atom stereocenters. The molecule has 2 rings (SSSR count). The third-order valence-corrected chi connectivity index (χ3v) is 2.02. The molecular formula is C9H9ClN4. The van der Waals surface area contributed by atoms with Crippen molar-refractivity contribution in [2.45, 2.75) is 0 Å². The van der Waals surface area contributed by atoms with Crippen molar-refractivity contribution < 1.29 is 0 Å². The quantitative estimate of drug-likeness (QED) is 0.823. The molecule has 0 radical (unpaired) electrons. The monoisotopic (exact) mass is 208 g/mol. The predicted octanol–water partition coefficient (Wildman–Crippen LogP) is 2.21. The molecule has 0 aliphatic heterocycles. The highest BCUT2D eigenvalue weighted by atomic mass is 35.5. The molecule has 14 heavy (non-hydrogen) atoms. The Labute approximate surface area is 86.5 Å². The summed E-state index contributed by atoms with van der Waals surface area (Å²) < 4.78 is 1.71. The fraction of sp³-hybridized carbons (Fsp3) is 0.111. The number of pyridine rings is 1. The number of rotatable bonds is 2. The van der Waals surface area contributed by atoms with Crippen molar-refractivity contribution in [1.29, 1.82) is 0 Å². The Hall–Kier alpha value is -1.55. The maximum atomic E-state index is 5.92. The zero-order valence-electron chi connectivity index (χ0n) is 7.61. The van der Waals surface area contributed by atoms with Gasteiger partial charge in [-0.1, -0.05) is 11.6 Å². The number of aromatic nitrogens is 3. The molecule has 4 nitrogen and oxygen atoms in total. The van der Waals surface area contributed by atoms with Gasteiger partial charge >= 0.3 is 0 Å². The molecule has 0 saturated carbocycles. The lowest BCUT2D eigenvalue weighted by atomic mass is 10.4. The van der Waals surface area contributed by atoms with Gasteiger partial charge in [0.2, 0.25) is 0 Å². The fourth-order valence-corrected chi connectivity index (χ4v) is 1.25. The van der Waals surface area contributed by atoms with E-state index in [0.29, 0.717) is 10.8 Å². The van der Waals surface area contributed by atoms with Crippen molar-refractivity contribution in [1.82, 2.24) is 14.8 Å². The van der Waals surface area contributed by atoms with Crippen molar-refractivity contribution in [2.75, 3.05) is 5.32 Å². The van der Waals surface area contributed by atoms with Crippen LogP contribution in [-0.2, 0) is 7.05 Å². The number of hydrogen-bond donors (Lipinski definition) is 1. The summed E-state index contributed by atoms with van der Waals surface area (Å²) >= 11 is 5.92. The first-order valence-electron chi connectivity index (χ1n) is 4.13. The number of nitrogens with zero attached hydrogens (tertiary/aromatic N) is 3. The first-order chi connectivity index (χ1) is 6.75. The molecular weight excluding hydrogens is 200 g/mol. The van der Waals surface area contributed by atoms with Crippen LogP contribution in [0.4, 0.5) is 11.6 Å². The Morgan fingerprint density at radius 2 is 2.29 bits per heavy atom. The van der Waals surface area contributed by atoms with E-state index < -0.39 is 0 Å². The van der Waals surface area contributed by atoms with Crippen LogP contribution in [0.3, 0.4) is 0 Å². The van der Waals surface area contributed by atoms with Gasteiger partial charge in [0.1, 0.15) is 5.82 Å². The van der Waals surface area contributed by atoms with Gasteiger partial charge in [0.25, 0.3) is 0 Å². The SMILES string of the molecule is Cn1ccc(Nc2ncccc2Cl)n1. The Balaban J connectivity index is 2.23. The Bertz CT molecular complexity index is 438. The van der Waals surface area contributed by atoms with Gasteiger partial charge in [0.05, 0.1) is 5.02 Å². The minimum Gasteiger partial charge on any atom is -0.322 e. The molecule has 1 N–H and O–H groups in total. The summed E-state index contributed by atoms with van der Waals surface area (Å²) in [5, 5.41) is 7.75. The van der Waals surface area contributed by atoms with Crippen LogP contribution in [0, 0.1) is 0 Å². The average molecular weight is 209 g/mol. The molecule has 0 unspecified atom stereocenters. The number of anilines is 2. The molecule has 2 aromatic heterocycles. The van der Waals surface area contributed by atoms with Gasteiger partial charge in [-0.25, -0.2) is 4.98 Å². The first-order valence-corrected chi connectivity index (χ1v) is 4.51. The van der Waals surface area contributed by atoms with Crippen LogP contribution in [0.5, 0.6) is 0 Å². The topological polar surface area (TPSA) is 42.7 Å². The molecule has 5 heteroatoms. The standard InChI is InChI=1S/C9H9ClN4/c1-14-6-4-8(13-14)12-9-7(10)3-2-5-11-9/h2-6H,1H3,(H,11,12,13). The zero-order chi connectivity index (χ0) is 9.97. The van der Waals surface area contributed by atoms with E-state index in [1.54, 1.807) is 23.0 Å². The Kier molecular flexibility index (Phi) is 2.37. The summed E-state index contributed by atoms with van der Waals surface area (Å²) in [6, 6.07) is 5.41. The minimum atomic E-state index is 0.582. The first kappa shape index (κ1) is 9.02. The highest BCUT2D eigenvalue weighted by Crippen LogP contribution is 2.20. The van der Waals surface area contributed by atoms with Crippen molar-refractivity contribution >= 4 is 23.2 Å². The lowest BCUT2D eigenvalue weighted by Gasteiger charge is -2.02. The van der Waals surface area contributed by atoms with E-state index in [2.05, 4.69) is 15.4 Å². The molecule has 2 heterocycles. The summed E-state index contributed by atoms with van der Waals surface area (Å²) in [5.74, 6) is 1.35. The number of halogens is 1. The molecule has 0 aliphatic carbocycles. The van der Waals surface area contributed by atoms with Crippen LogP contribution < -0.4 is 5.32 Å². The second-order valence-corrected chi connectivity index (χ2v) is 3.24. The molecule has 0 fully saturated rings. The van der Waals surface area contributed by atoms with Gasteiger partial charge in [0, 0.05) is 25.5 Å². The Morgan fingerprint density at radius 1 is 1.43 bits per heavy atom. The van der Waals surface area contributed by atoms with E-state index in [-0.39, 0.29) is 0 Å². The van der Waals surface area contributed by atoms with Gasteiger partial charge in [-0.15, -0.1) is 0 Å². The normalized spacial score (nSPS) is 10.1. The minimum absolute atomic E-state index is 0.582. The maximum Gasteiger partial charge on any atom is 0.153 e. The van der Waals surface area contributed by atoms with Gasteiger partial charge < -0.3 is 5.32 Å². The largest absolute Gasteiger partial charge is 0.322 e. The average Bonchev–Trinajstić information content (AvgIpc) is 2.56. The molecule has 0 aromatic carbocycles. The highest BCUT2D eigenvalue weighted by Gasteiger charge is 2.02. The molecule has 0 amide bonds. The molecule has 0 saturated heterocycles. The molecule has 2 aromatic rings. The lowest BCUT2D eigenvalue weighted by Crippen LogP contribution is -1.96. The summed E-state index contributed by atoms with van der Waals surface area (Å²) in [4.78, 5) is 4.09. The third kappa shape index (κ3) is 1.85. The Morgan fingerprint density at radius 3 is 2.93 bits per heavy atom. The highest BCUT2D eigenvalue weighted by molar-refractivity contribution is 6.33. The third-order valence-electron chi connectivity index (χ3n) is 1.72. The number of aryl methyl sites for hydroxylation is 1. The van der Waals surface area contributed by atoms with E-state index in [4.69, 9.17) is 11.6 Å². The van der Waals surface area contributed by atoms with Crippen molar-refractivity contribution in [3.63, 3.8) is 0 Å². The smallest absolute Gasteiger partial charge is 0.153 e. The second kappa shape index (κ2) is 3.67. The van der Waals surface area contributed by atoms with Crippen LogP contribution in [0.25, 0.3) is 0 Å². The van der Waals surface area contributed by atoms with Crippen LogP contribution in [-0.4, -0.2) is 14.8 Å². The zero-order valence-corrected chi connectivity index (χ0v) is 8.36. The van der Waals surface area contributed by atoms with E-state index >= 15 is 0 Å². The van der Waals surface area contributed by atoms with Crippen LogP contribution in [0.1, 0.15) is 0 Å². The van der Waals surface area contributed by atoms with Crippen LogP contribution in [0.15, 0.2) is 30.6 Å². The predicted molar refractivity (Wildman–Crippen MR) is 55.7 cm³/mol. The molecule has 0 aliphatic rings. The van der Waals surface area contributed by atoms with Crippen molar-refractivity contribution in [3.8, 4) is 0 Å². The summed E-state index contributed by atoms with van der Waals surface area (Å²) in [7, 11) is 1.85. The van der Waals surface area contributed by atoms with E-state index in [9.17, 15) is 0 Å². The van der Waals surface area contributed by atoms with Crippen LogP contribution >= 0.6 is 11.6 Å². The van der Waals surface area contributed by atoms with Gasteiger partial charge in [-0.2, -0.15) is 5.10 Å². The fourth-order valence-electron chi connectivity index (χ4n) is 1.08. The number of hydrogen-bond acceptors (Lipinski definition) is 3. The van der Waals surface area contributed by atoms with E-state index in [1.807, 2.05) is 19.3 Å². The van der Waals surface area contributed by atoms with E-state index in [1.165, 1.54) is 0 Å². The summed E-state index contributed by atoms with van der Waals surface area (Å²) in [6.07, 6.45) is 3.52. The van der Waals surface area contributed by atoms with Gasteiger partial charge in [0.15, 0.2) is 5.82 Å². The van der Waals surface area contributed by atoms with Crippen molar-refractivity contribution in [2.24, 2.45) is 7.05 Å². The van der Waals surface area contributed by atoms with Gasteiger partial charge in [-0.3, -0.25) is 4.68 Å². The summed E-state index contributed by atoms with van der Waals surface area (Å²) in [6.45, 7) is 0. The second-order valence-electron chi connectivity index (χ2n) is 2.83. The molecule has 0 bridgehead atoms. The lowest BCUT2D eigenvalue weighted by molar-refractivity contribution is 0.771. The van der Waals surface area contributed by atoms with E-state index in [0.717, 1.165) is 5.82 Å². The van der Waals surface area contributed by atoms with Crippen molar-refractivity contribution in [3.05, 3.63) is 35.6 Å². The molecule has 0 spiro atoms.